The summed E-state index contributed by atoms with van der Waals surface area (Å²) in [6, 6.07) is 21.7. The Balaban J connectivity index is 0.000000242. The monoisotopic (exact) mass is 2160 g/mol. The Morgan fingerprint density at radius 2 is 1.22 bits per heavy atom. The molecule has 20 N–H and O–H groups in total. The van der Waals surface area contributed by atoms with Crippen molar-refractivity contribution in [2.45, 2.75) is 177 Å². The van der Waals surface area contributed by atoms with Gasteiger partial charge in [-0.3, -0.25) is 18.4 Å². The fourth-order valence-electron chi connectivity index (χ4n) is 18.2. The molecular weight excluding hydrogens is 2050 g/mol. The first-order chi connectivity index (χ1) is 67.4. The maximum absolute atomic E-state index is 13.1. The summed E-state index contributed by atoms with van der Waals surface area (Å²) in [5.41, 5.74) is 23.6. The maximum Gasteiger partial charge on any atom is 0.490 e. The summed E-state index contributed by atoms with van der Waals surface area (Å²) in [4.78, 5) is 108. The van der Waals surface area contributed by atoms with Crippen molar-refractivity contribution >= 4 is 147 Å². The van der Waals surface area contributed by atoms with Crippen LogP contribution in [0.5, 0.6) is 5.75 Å². The number of carbonyl (C=O) groups excluding carboxylic acids is 1. The van der Waals surface area contributed by atoms with Crippen molar-refractivity contribution < 1.29 is 168 Å². The van der Waals surface area contributed by atoms with Crippen LogP contribution in [0.1, 0.15) is 145 Å². The van der Waals surface area contributed by atoms with Crippen molar-refractivity contribution in [1.82, 2.24) is 39.7 Å². The van der Waals surface area contributed by atoms with Gasteiger partial charge in [-0.25, -0.2) is 55.7 Å². The molecule has 48 nitrogen and oxygen atoms in total. The van der Waals surface area contributed by atoms with E-state index < -0.39 is 140 Å². The smallest absolute Gasteiger partial charge is 0.490 e. The number of hydrogen-bond donors (Lipinski definition) is 18. The Hall–Kier alpha value is -9.24. The number of phosphoric acid groups is 6. The van der Waals surface area contributed by atoms with Crippen LogP contribution in [0.25, 0.3) is 39.8 Å². The molecule has 56 heteroatoms. The molecule has 1 aliphatic carbocycles. The lowest BCUT2D eigenvalue weighted by Crippen LogP contribution is -3.14. The van der Waals surface area contributed by atoms with Gasteiger partial charge in [0.2, 0.25) is 11.6 Å². The quantitative estimate of drug-likeness (QED) is 0.00744. The summed E-state index contributed by atoms with van der Waals surface area (Å²) in [6.45, 7) is 24.1. The molecule has 4 aromatic carbocycles. The molecule has 0 radical (unpaired) electrons. The SMILES string of the molecule is CCN(CC)c1ccc2c(c1)OC1=CC([NH+](CC)CC)C=CC1=C2c1ccc(CNCC=Cc2cn(C3OC(COP(=O)(O)OP(=O)(O)OP(=O)(O)O)C(O)C3O)c3ncnc(N)c23)cc1S(=O)(=O)[O-].CCN1C(=CC=CC2=[N+](CCCCCC(=O)NCC=Cc3cn(C4OC(COP(=O)(O)OP(=O)(O)OP(=O)(O)O)C(O)C4O)c4ncnc(N)c34)c3ccc(S(=O)(=O)O)cc3C2(C)C)C(C)(C)c2cc(C)ccc21. The number of aliphatic hydroxyl groups is 4. The number of unbranched alkanes of at least 4 members (excludes halogenated alkanes) is 2. The molecule has 13 atom stereocenters. The summed E-state index contributed by atoms with van der Waals surface area (Å²) >= 11 is 0. The molecule has 13 unspecified atom stereocenters. The van der Waals surface area contributed by atoms with Gasteiger partial charge in [-0.05, 0) is 134 Å². The number of nitrogen functional groups attached to an aromatic ring is 2. The average molecular weight is 2160 g/mol. The number of amides is 1. The number of benzene rings is 4. The van der Waals surface area contributed by atoms with E-state index >= 15 is 0 Å². The number of likely N-dealkylation sites (N-methyl/N-ethyl adjacent to an activating group) is 2. The van der Waals surface area contributed by atoms with Crippen molar-refractivity contribution in [2.24, 2.45) is 0 Å². The number of rotatable bonds is 42. The minimum absolute atomic E-state index is 0.0178. The fraction of sp³-hybridized carbons (Fsp3) is 0.409. The maximum atomic E-state index is 13.1. The summed E-state index contributed by atoms with van der Waals surface area (Å²) in [6.07, 6.45) is 13.4. The lowest BCUT2D eigenvalue weighted by Gasteiger charge is -2.32. The first-order valence-electron chi connectivity index (χ1n) is 45.3. The average Bonchev–Trinajstić information content (AvgIpc) is 0.935. The molecule has 9 heterocycles. The van der Waals surface area contributed by atoms with E-state index in [0.717, 1.165) is 73.7 Å². The van der Waals surface area contributed by atoms with Gasteiger partial charge in [0.05, 0.1) is 52.3 Å². The van der Waals surface area contributed by atoms with Gasteiger partial charge < -0.3 is 124 Å². The second-order valence-corrected chi connectivity index (χ2v) is 46.9. The number of nitrogens with zero attached hydrogens (tertiary/aromatic N) is 9. The van der Waals surface area contributed by atoms with Gasteiger partial charge in [-0.2, -0.15) is 30.2 Å². The number of aryl methyl sites for hydroxylation is 1. The molecule has 5 aliphatic heterocycles. The van der Waals surface area contributed by atoms with Crippen LogP contribution in [-0.4, -0.2) is 239 Å². The predicted molar refractivity (Wildman–Crippen MR) is 524 cm³/mol. The Kier molecular flexibility index (Phi) is 34.7. The molecule has 0 bridgehead atoms. The van der Waals surface area contributed by atoms with Crippen LogP contribution in [0.3, 0.4) is 0 Å². The number of anilines is 4. The molecule has 0 spiro atoms. The zero-order valence-electron chi connectivity index (χ0n) is 79.4. The number of aliphatic hydroxyl groups excluding tert-OH is 4. The van der Waals surface area contributed by atoms with Gasteiger partial charge in [-0.15, -0.1) is 0 Å². The standard InChI is InChI=1S/C46H60N7O17P3S.C42H54N7O17P3S/c1-7-51-33-19-17-28(2)23-31(33)45(3,4)36(51)14-11-15-37-46(5,6)32-24-30(74(64,65)66)18-20-34(32)52(37)22-10-8-9-16-38(54)48-21-12-13-29-25-53(43-39(29)42(47)49-27-50-43)44-41(56)40(55)35(68-44)26-67-72(60,61)70-73(62,63)69-71(57,58)59;1-5-47(6-2)27-12-15-29-32(19-27)63-33-20-28(48(7-3)8-4)13-16-30(33)37(29)31-14-11-25(18-35(31)70(59,60)61)21-44-17-9-10-26-22-49(41-36(26)40(43)45-24-46-41)42-39(51)38(50)34(64-42)23-62-68(55,56)66-69(57,58)65-67(52,53)54/h11-15,17-20,23-25,27,35,40-41,44,55-56H,7-10,16,21-22,26H2,1-6H3,(H7-,47,48,49,50,54,57,58,59,60,61,62,63,64,65,66);9-16,18-20,22,24,27,34,38-39,42,44,50-51H,5-8,17,21,23H2,1-4H3,(H,55,56)(H,57,58)(H2,43,45,46)(H2,52,53,54)(H,59,60,61)/p+1. The molecular formula is C88H115N14O34P6S2+. The van der Waals surface area contributed by atoms with E-state index in [4.69, 9.17) is 45.3 Å². The Morgan fingerprint density at radius 3 is 1.75 bits per heavy atom. The van der Waals surface area contributed by atoms with Gasteiger partial charge in [0.25, 0.3) is 10.1 Å². The summed E-state index contributed by atoms with van der Waals surface area (Å²) in [7, 11) is -43.5. The minimum atomic E-state index is -5.82. The highest BCUT2D eigenvalue weighted by molar-refractivity contribution is 7.86. The van der Waals surface area contributed by atoms with Crippen LogP contribution in [0.4, 0.5) is 28.7 Å². The van der Waals surface area contributed by atoms with E-state index in [2.05, 4.69) is 163 Å². The summed E-state index contributed by atoms with van der Waals surface area (Å²) in [5.74, 6) is 0.983. The van der Waals surface area contributed by atoms with Crippen LogP contribution in [-0.2, 0) is 106 Å². The highest BCUT2D eigenvalue weighted by atomic mass is 32.2. The molecule has 0 saturated carbocycles. The van der Waals surface area contributed by atoms with Crippen molar-refractivity contribution in [2.75, 3.05) is 86.8 Å². The van der Waals surface area contributed by atoms with E-state index in [9.17, 15) is 98.1 Å². The number of phosphoric ester groups is 2. The number of aromatic nitrogens is 6. The first-order valence-corrected chi connectivity index (χ1v) is 57.1. The van der Waals surface area contributed by atoms with Gasteiger partial charge in [-0.1, -0.05) is 74.1 Å². The van der Waals surface area contributed by atoms with Crippen molar-refractivity contribution in [3.8, 4) is 5.75 Å². The zero-order chi connectivity index (χ0) is 105. The third-order valence-electron chi connectivity index (χ3n) is 25.0. The minimum Gasteiger partial charge on any atom is -0.744 e. The Morgan fingerprint density at radius 1 is 0.653 bits per heavy atom. The first kappa shape index (κ1) is 112. The third-order valence-corrected chi connectivity index (χ3v) is 34.3. The number of fused-ring (bicyclic) bond motifs is 6. The van der Waals surface area contributed by atoms with Crippen LogP contribution in [0, 0.1) is 6.92 Å². The van der Waals surface area contributed by atoms with Gasteiger partial charge >= 0.3 is 46.9 Å². The van der Waals surface area contributed by atoms with Crippen molar-refractivity contribution in [3.05, 3.63) is 208 Å². The predicted octanol–water partition coefficient (Wildman–Crippen LogP) is 8.03. The molecule has 14 rings (SSSR count). The van der Waals surface area contributed by atoms with Crippen LogP contribution < -0.4 is 41.5 Å². The molecule has 4 aromatic heterocycles. The Labute approximate surface area is 827 Å². The highest BCUT2D eigenvalue weighted by Gasteiger charge is 2.51. The molecule has 1 amide bonds. The number of ether oxygens (including phenoxy) is 3. The van der Waals surface area contributed by atoms with Crippen LogP contribution >= 0.6 is 46.9 Å². The molecule has 8 aromatic rings. The van der Waals surface area contributed by atoms with E-state index in [-0.39, 0.29) is 76.8 Å². The second-order valence-electron chi connectivity index (χ2n) is 35.2. The van der Waals surface area contributed by atoms with Crippen molar-refractivity contribution in [3.63, 3.8) is 0 Å². The van der Waals surface area contributed by atoms with Crippen LogP contribution in [0.2, 0.25) is 0 Å². The molecule has 2 fully saturated rings. The lowest BCUT2D eigenvalue weighted by molar-refractivity contribution is -0.908. The van der Waals surface area contributed by atoms with E-state index in [1.54, 1.807) is 42.5 Å². The summed E-state index contributed by atoms with van der Waals surface area (Å²) < 4.78 is 190. The Bertz CT molecular complexity index is 7050. The van der Waals surface area contributed by atoms with Gasteiger partial charge in [0, 0.05) is 150 Å². The van der Waals surface area contributed by atoms with E-state index in [1.807, 2.05) is 50.3 Å². The number of carbonyl (C=O) groups is 1. The number of allylic oxidation sites excluding steroid dienone is 5. The van der Waals surface area contributed by atoms with Gasteiger partial charge in [0.15, 0.2) is 18.2 Å². The normalized spacial score (nSPS) is 22.5. The van der Waals surface area contributed by atoms with Crippen molar-refractivity contribution in [1.29, 1.82) is 0 Å². The number of nitrogens with two attached hydrogens (primary N) is 2. The second kappa shape index (κ2) is 44.7. The molecule has 144 heavy (non-hydrogen) atoms. The zero-order valence-corrected chi connectivity index (χ0v) is 86.4. The largest absolute Gasteiger partial charge is 0.744 e. The summed E-state index contributed by atoms with van der Waals surface area (Å²) in [5, 5.41) is 50.1. The van der Waals surface area contributed by atoms with Crippen LogP contribution in [0.15, 0.2) is 173 Å². The lowest BCUT2D eigenvalue weighted by atomic mass is 9.81. The fourth-order valence-corrected chi connectivity index (χ4v) is 25.5. The molecule has 6 aliphatic rings. The number of hydrogen-bond acceptors (Lipinski definition) is 34. The number of quaternary nitrogens is 1. The molecule has 782 valence electrons. The topological polar surface area (TPSA) is 708 Å². The number of nitrogens with one attached hydrogen (secondary N) is 3. The molecule has 2 saturated heterocycles. The highest BCUT2D eigenvalue weighted by Crippen LogP contribution is 2.68. The van der Waals surface area contributed by atoms with E-state index in [1.165, 1.54) is 61.4 Å². The van der Waals surface area contributed by atoms with Gasteiger partial charge in [0.1, 0.15) is 106 Å². The third kappa shape index (κ3) is 25.8. The van der Waals surface area contributed by atoms with E-state index in [0.29, 0.717) is 81.5 Å².